The summed E-state index contributed by atoms with van der Waals surface area (Å²) in [5.74, 6) is 0.214. The Balaban J connectivity index is 1.66. The number of benzene rings is 1. The minimum atomic E-state index is -3.16. The van der Waals surface area contributed by atoms with E-state index in [1.54, 1.807) is 0 Å². The van der Waals surface area contributed by atoms with Gasteiger partial charge in [0, 0.05) is 12.6 Å². The largest absolute Gasteiger partial charge is 0.314 e. The highest BCUT2D eigenvalue weighted by atomic mass is 32.2. The molecule has 20 heavy (non-hydrogen) atoms. The Morgan fingerprint density at radius 1 is 1.20 bits per heavy atom. The second-order valence-electron chi connectivity index (χ2n) is 5.50. The molecule has 0 spiro atoms. The van der Waals surface area contributed by atoms with Crippen LogP contribution in [0.4, 0.5) is 0 Å². The van der Waals surface area contributed by atoms with Gasteiger partial charge in [0.15, 0.2) is 0 Å². The Bertz CT molecular complexity index is 524. The number of unbranched alkanes of at least 4 members (excludes halogenated alkanes) is 1. The fourth-order valence-corrected chi connectivity index (χ4v) is 3.18. The average Bonchev–Trinajstić information content (AvgIpc) is 3.21. The minimum Gasteiger partial charge on any atom is -0.314 e. The molecular formula is C15H24N2O2S. The van der Waals surface area contributed by atoms with Crippen molar-refractivity contribution in [2.24, 2.45) is 0 Å². The summed E-state index contributed by atoms with van der Waals surface area (Å²) >= 11 is 0. The second kappa shape index (κ2) is 7.20. The van der Waals surface area contributed by atoms with Crippen LogP contribution in [0.25, 0.3) is 0 Å². The smallest absolute Gasteiger partial charge is 0.211 e. The van der Waals surface area contributed by atoms with Crippen LogP contribution in [-0.2, 0) is 16.6 Å². The van der Waals surface area contributed by atoms with E-state index in [0.29, 0.717) is 19.0 Å². The van der Waals surface area contributed by atoms with E-state index in [1.165, 1.54) is 12.8 Å². The molecule has 1 fully saturated rings. The van der Waals surface area contributed by atoms with Gasteiger partial charge in [0.05, 0.1) is 5.75 Å². The number of sulfonamides is 1. The molecule has 0 bridgehead atoms. The van der Waals surface area contributed by atoms with Gasteiger partial charge in [-0.15, -0.1) is 0 Å². The summed E-state index contributed by atoms with van der Waals surface area (Å²) in [5.41, 5.74) is 2.15. The number of hydrogen-bond acceptors (Lipinski definition) is 3. The lowest BCUT2D eigenvalue weighted by Gasteiger charge is -2.09. The van der Waals surface area contributed by atoms with E-state index in [2.05, 4.69) is 10.0 Å². The first-order valence-corrected chi connectivity index (χ1v) is 8.97. The fraction of sp³-hybridized carbons (Fsp3) is 0.600. The summed E-state index contributed by atoms with van der Waals surface area (Å²) < 4.78 is 26.5. The first-order chi connectivity index (χ1) is 9.57. The van der Waals surface area contributed by atoms with Gasteiger partial charge >= 0.3 is 0 Å². The van der Waals surface area contributed by atoms with Crippen molar-refractivity contribution in [3.63, 3.8) is 0 Å². The zero-order valence-electron chi connectivity index (χ0n) is 12.1. The Morgan fingerprint density at radius 2 is 1.95 bits per heavy atom. The van der Waals surface area contributed by atoms with Gasteiger partial charge in [-0.1, -0.05) is 24.3 Å². The summed E-state index contributed by atoms with van der Waals surface area (Å²) in [4.78, 5) is 0. The lowest BCUT2D eigenvalue weighted by molar-refractivity contribution is 0.572. The van der Waals surface area contributed by atoms with Crippen molar-refractivity contribution in [3.8, 4) is 0 Å². The Morgan fingerprint density at radius 3 is 2.65 bits per heavy atom. The van der Waals surface area contributed by atoms with Crippen LogP contribution in [0.1, 0.15) is 36.8 Å². The average molecular weight is 296 g/mol. The standard InChI is InChI=1S/C15H24N2O2S/c1-13-6-2-3-7-14(13)12-17-20(18,19)11-5-4-10-16-15-8-9-15/h2-3,6-7,15-17H,4-5,8-12H2,1H3. The van der Waals surface area contributed by atoms with E-state index in [1.807, 2.05) is 31.2 Å². The molecule has 0 aromatic heterocycles. The van der Waals surface area contributed by atoms with Gasteiger partial charge in [0.2, 0.25) is 10.0 Å². The number of hydrogen-bond donors (Lipinski definition) is 2. The molecule has 2 N–H and O–H groups in total. The zero-order valence-corrected chi connectivity index (χ0v) is 12.9. The van der Waals surface area contributed by atoms with E-state index in [-0.39, 0.29) is 5.75 Å². The van der Waals surface area contributed by atoms with Crippen LogP contribution in [0.15, 0.2) is 24.3 Å². The molecule has 1 aliphatic carbocycles. The molecule has 2 rings (SSSR count). The van der Waals surface area contributed by atoms with E-state index in [0.717, 1.165) is 24.1 Å². The van der Waals surface area contributed by atoms with Gasteiger partial charge in [-0.3, -0.25) is 0 Å². The molecular weight excluding hydrogens is 272 g/mol. The topological polar surface area (TPSA) is 58.2 Å². The number of nitrogens with one attached hydrogen (secondary N) is 2. The number of rotatable bonds is 9. The molecule has 0 unspecified atom stereocenters. The van der Waals surface area contributed by atoms with Gasteiger partial charge in [-0.05, 0) is 50.3 Å². The SMILES string of the molecule is Cc1ccccc1CNS(=O)(=O)CCCCNC1CC1. The molecule has 5 heteroatoms. The minimum absolute atomic E-state index is 0.214. The van der Waals surface area contributed by atoms with E-state index in [4.69, 9.17) is 0 Å². The molecule has 0 saturated heterocycles. The second-order valence-corrected chi connectivity index (χ2v) is 7.43. The van der Waals surface area contributed by atoms with Crippen LogP contribution < -0.4 is 10.0 Å². The maximum atomic E-state index is 11.9. The third kappa shape index (κ3) is 5.61. The molecule has 1 aromatic rings. The summed E-state index contributed by atoms with van der Waals surface area (Å²) in [6.45, 7) is 3.31. The number of aryl methyl sites for hydroxylation is 1. The van der Waals surface area contributed by atoms with E-state index < -0.39 is 10.0 Å². The molecule has 1 aromatic carbocycles. The summed E-state index contributed by atoms with van der Waals surface area (Å²) in [5, 5.41) is 3.39. The summed E-state index contributed by atoms with van der Waals surface area (Å²) in [7, 11) is -3.16. The van der Waals surface area contributed by atoms with Crippen molar-refractivity contribution < 1.29 is 8.42 Å². The predicted molar refractivity (Wildman–Crippen MR) is 82.1 cm³/mol. The highest BCUT2D eigenvalue weighted by Gasteiger charge is 2.19. The van der Waals surface area contributed by atoms with Crippen molar-refractivity contribution in [3.05, 3.63) is 35.4 Å². The third-order valence-electron chi connectivity index (χ3n) is 3.59. The first kappa shape index (κ1) is 15.5. The lowest BCUT2D eigenvalue weighted by atomic mass is 10.1. The Hall–Kier alpha value is -0.910. The van der Waals surface area contributed by atoms with Crippen molar-refractivity contribution in [2.75, 3.05) is 12.3 Å². The van der Waals surface area contributed by atoms with E-state index in [9.17, 15) is 8.42 Å². The lowest BCUT2D eigenvalue weighted by Crippen LogP contribution is -2.27. The molecule has 0 amide bonds. The Labute approximate surface area is 122 Å². The predicted octanol–water partition coefficient (Wildman–Crippen LogP) is 1.95. The van der Waals surface area contributed by atoms with Crippen LogP contribution in [-0.4, -0.2) is 26.8 Å². The van der Waals surface area contributed by atoms with Gasteiger partial charge in [0.25, 0.3) is 0 Å². The normalized spacial score (nSPS) is 15.4. The molecule has 0 radical (unpaired) electrons. The van der Waals surface area contributed by atoms with Gasteiger partial charge in [0.1, 0.15) is 0 Å². The maximum Gasteiger partial charge on any atom is 0.211 e. The molecule has 1 saturated carbocycles. The van der Waals surface area contributed by atoms with Crippen molar-refractivity contribution in [2.45, 2.75) is 45.2 Å². The van der Waals surface area contributed by atoms with Crippen molar-refractivity contribution in [1.82, 2.24) is 10.0 Å². The molecule has 112 valence electrons. The third-order valence-corrected chi connectivity index (χ3v) is 5.00. The van der Waals surface area contributed by atoms with Crippen LogP contribution in [0.3, 0.4) is 0 Å². The summed E-state index contributed by atoms with van der Waals surface area (Å²) in [6, 6.07) is 8.54. The first-order valence-electron chi connectivity index (χ1n) is 7.32. The molecule has 4 nitrogen and oxygen atoms in total. The quantitative estimate of drug-likeness (QED) is 0.685. The van der Waals surface area contributed by atoms with Gasteiger partial charge < -0.3 is 5.32 Å². The van der Waals surface area contributed by atoms with Crippen molar-refractivity contribution >= 4 is 10.0 Å². The molecule has 0 aliphatic heterocycles. The molecule has 0 heterocycles. The summed E-state index contributed by atoms with van der Waals surface area (Å²) in [6.07, 6.45) is 4.18. The van der Waals surface area contributed by atoms with Crippen LogP contribution in [0.5, 0.6) is 0 Å². The zero-order chi connectivity index (χ0) is 14.4. The van der Waals surface area contributed by atoms with Crippen molar-refractivity contribution in [1.29, 1.82) is 0 Å². The maximum absolute atomic E-state index is 11.9. The van der Waals surface area contributed by atoms with Gasteiger partial charge in [-0.2, -0.15) is 0 Å². The fourth-order valence-electron chi connectivity index (χ4n) is 2.08. The highest BCUT2D eigenvalue weighted by Crippen LogP contribution is 2.18. The van der Waals surface area contributed by atoms with Crippen LogP contribution in [0.2, 0.25) is 0 Å². The highest BCUT2D eigenvalue weighted by molar-refractivity contribution is 7.89. The van der Waals surface area contributed by atoms with E-state index >= 15 is 0 Å². The Kier molecular flexibility index (Phi) is 5.57. The van der Waals surface area contributed by atoms with Crippen LogP contribution in [0, 0.1) is 6.92 Å². The molecule has 1 aliphatic rings. The molecule has 0 atom stereocenters. The van der Waals surface area contributed by atoms with Gasteiger partial charge in [-0.25, -0.2) is 13.1 Å². The van der Waals surface area contributed by atoms with Crippen LogP contribution >= 0.6 is 0 Å². The monoisotopic (exact) mass is 296 g/mol.